The van der Waals surface area contributed by atoms with Gasteiger partial charge in [-0.25, -0.2) is 0 Å². The lowest BCUT2D eigenvalue weighted by molar-refractivity contribution is -0.122. The normalized spacial score (nSPS) is 32.6. The topological polar surface area (TPSA) is 29.5 Å². The predicted octanol–water partition coefficient (Wildman–Crippen LogP) is 1.86. The van der Waals surface area contributed by atoms with Crippen LogP contribution in [0.1, 0.15) is 39.0 Å². The first-order valence-electron chi connectivity index (χ1n) is 6.60. The smallest absolute Gasteiger partial charge is 0.134 e. The molecule has 0 aromatic carbocycles. The summed E-state index contributed by atoms with van der Waals surface area (Å²) in [6.45, 7) is 5.78. The van der Waals surface area contributed by atoms with Gasteiger partial charge in [-0.15, -0.1) is 0 Å². The van der Waals surface area contributed by atoms with E-state index in [2.05, 4.69) is 4.90 Å². The van der Waals surface area contributed by atoms with E-state index in [0.29, 0.717) is 11.9 Å². The number of ketones is 1. The number of carbonyl (C=O) groups is 1. The van der Waals surface area contributed by atoms with Crippen LogP contribution in [-0.2, 0) is 9.53 Å². The fourth-order valence-electron chi connectivity index (χ4n) is 2.79. The third kappa shape index (κ3) is 3.29. The minimum absolute atomic E-state index is 0.275. The molecule has 2 rings (SSSR count). The van der Waals surface area contributed by atoms with Crippen LogP contribution in [0.3, 0.4) is 0 Å². The Morgan fingerprint density at radius 3 is 2.88 bits per heavy atom. The van der Waals surface area contributed by atoms with E-state index in [1.807, 2.05) is 0 Å². The van der Waals surface area contributed by atoms with Crippen LogP contribution in [0.2, 0.25) is 0 Å². The summed E-state index contributed by atoms with van der Waals surface area (Å²) in [6.07, 6.45) is 6.37. The Morgan fingerprint density at radius 2 is 2.19 bits per heavy atom. The van der Waals surface area contributed by atoms with Crippen LogP contribution in [0.4, 0.5) is 0 Å². The summed E-state index contributed by atoms with van der Waals surface area (Å²) in [4.78, 5) is 13.8. The zero-order valence-corrected chi connectivity index (χ0v) is 10.3. The van der Waals surface area contributed by atoms with Gasteiger partial charge in [0.1, 0.15) is 5.78 Å². The van der Waals surface area contributed by atoms with Crippen LogP contribution in [0, 0.1) is 5.92 Å². The Hall–Kier alpha value is -0.410. The van der Waals surface area contributed by atoms with E-state index in [9.17, 15) is 4.79 Å². The average molecular weight is 225 g/mol. The molecule has 2 unspecified atom stereocenters. The summed E-state index contributed by atoms with van der Waals surface area (Å²) < 4.78 is 5.75. The first-order valence-corrected chi connectivity index (χ1v) is 6.60. The second kappa shape index (κ2) is 5.78. The molecule has 0 aromatic heterocycles. The lowest BCUT2D eigenvalue weighted by Gasteiger charge is -2.35. The van der Waals surface area contributed by atoms with E-state index >= 15 is 0 Å². The van der Waals surface area contributed by atoms with Gasteiger partial charge in [0.15, 0.2) is 0 Å². The molecule has 0 aliphatic carbocycles. The number of Topliss-reactive ketones (excluding diaryl/α,β-unsaturated/α-hetero) is 1. The van der Waals surface area contributed by atoms with Gasteiger partial charge < -0.3 is 9.64 Å². The van der Waals surface area contributed by atoms with E-state index < -0.39 is 0 Å². The molecule has 92 valence electrons. The van der Waals surface area contributed by atoms with E-state index in [0.717, 1.165) is 39.1 Å². The van der Waals surface area contributed by atoms with Gasteiger partial charge in [-0.05, 0) is 45.6 Å². The molecule has 16 heavy (non-hydrogen) atoms. The van der Waals surface area contributed by atoms with Crippen molar-refractivity contribution in [2.75, 3.05) is 26.2 Å². The quantitative estimate of drug-likeness (QED) is 0.734. The zero-order chi connectivity index (χ0) is 11.4. The van der Waals surface area contributed by atoms with Crippen LogP contribution in [0.5, 0.6) is 0 Å². The first-order chi connectivity index (χ1) is 7.75. The van der Waals surface area contributed by atoms with Gasteiger partial charge in [-0.1, -0.05) is 0 Å². The van der Waals surface area contributed by atoms with Gasteiger partial charge in [0.2, 0.25) is 0 Å². The monoisotopic (exact) mass is 225 g/mol. The summed E-state index contributed by atoms with van der Waals surface area (Å²) >= 11 is 0. The molecule has 2 atom stereocenters. The number of hydrogen-bond donors (Lipinski definition) is 0. The second-order valence-electron chi connectivity index (χ2n) is 5.20. The molecule has 2 aliphatic rings. The summed E-state index contributed by atoms with van der Waals surface area (Å²) in [6, 6.07) is 0. The minimum atomic E-state index is 0.275. The third-order valence-corrected chi connectivity index (χ3v) is 3.82. The molecule has 0 aromatic rings. The van der Waals surface area contributed by atoms with Crippen molar-refractivity contribution < 1.29 is 9.53 Å². The van der Waals surface area contributed by atoms with Crippen molar-refractivity contribution in [1.29, 1.82) is 0 Å². The predicted molar refractivity (Wildman–Crippen MR) is 63.4 cm³/mol. The fourth-order valence-corrected chi connectivity index (χ4v) is 2.79. The van der Waals surface area contributed by atoms with E-state index in [4.69, 9.17) is 4.74 Å². The molecule has 2 fully saturated rings. The molecule has 3 nitrogen and oxygen atoms in total. The van der Waals surface area contributed by atoms with E-state index in [1.165, 1.54) is 19.3 Å². The summed E-state index contributed by atoms with van der Waals surface area (Å²) in [5, 5.41) is 0. The molecule has 3 heteroatoms. The number of carbonyl (C=O) groups excluding carboxylic acids is 1. The van der Waals surface area contributed by atoms with Crippen molar-refractivity contribution in [2.45, 2.75) is 45.1 Å². The lowest BCUT2D eigenvalue weighted by Crippen LogP contribution is -2.43. The molecule has 0 N–H and O–H groups in total. The summed E-state index contributed by atoms with van der Waals surface area (Å²) in [5.74, 6) is 0.631. The lowest BCUT2D eigenvalue weighted by atomic mass is 9.94. The minimum Gasteiger partial charge on any atom is -0.377 e. The number of nitrogens with zero attached hydrogens (tertiary/aromatic N) is 1. The van der Waals surface area contributed by atoms with Crippen LogP contribution >= 0.6 is 0 Å². The van der Waals surface area contributed by atoms with E-state index in [1.54, 1.807) is 6.92 Å². The molecule has 0 amide bonds. The second-order valence-corrected chi connectivity index (χ2v) is 5.20. The van der Waals surface area contributed by atoms with Crippen molar-refractivity contribution in [3.8, 4) is 0 Å². The number of likely N-dealkylation sites (tertiary alicyclic amines) is 1. The highest BCUT2D eigenvalue weighted by Crippen LogP contribution is 2.20. The van der Waals surface area contributed by atoms with Gasteiger partial charge in [-0.2, -0.15) is 0 Å². The van der Waals surface area contributed by atoms with Crippen molar-refractivity contribution in [2.24, 2.45) is 5.92 Å². The highest BCUT2D eigenvalue weighted by Gasteiger charge is 2.25. The molecular formula is C13H23NO2. The molecule has 0 saturated carbocycles. The Bertz CT molecular complexity index is 236. The summed E-state index contributed by atoms with van der Waals surface area (Å²) in [5.41, 5.74) is 0. The Morgan fingerprint density at radius 1 is 1.31 bits per heavy atom. The van der Waals surface area contributed by atoms with Crippen LogP contribution < -0.4 is 0 Å². The van der Waals surface area contributed by atoms with Crippen molar-refractivity contribution in [3.63, 3.8) is 0 Å². The van der Waals surface area contributed by atoms with Crippen molar-refractivity contribution >= 4 is 5.78 Å². The van der Waals surface area contributed by atoms with Gasteiger partial charge in [0.05, 0.1) is 6.10 Å². The van der Waals surface area contributed by atoms with Crippen LogP contribution in [-0.4, -0.2) is 43.0 Å². The fraction of sp³-hybridized carbons (Fsp3) is 0.923. The number of ether oxygens (including phenoxy) is 1. The SMILES string of the molecule is CC(=O)C1CCCN(CC2CCCCO2)C1. The van der Waals surface area contributed by atoms with Gasteiger partial charge in [0.25, 0.3) is 0 Å². The van der Waals surface area contributed by atoms with Gasteiger partial charge in [0, 0.05) is 25.6 Å². The number of rotatable bonds is 3. The first kappa shape index (κ1) is 12.1. The Kier molecular flexibility index (Phi) is 4.36. The van der Waals surface area contributed by atoms with Crippen molar-refractivity contribution in [3.05, 3.63) is 0 Å². The Balaban J connectivity index is 1.78. The zero-order valence-electron chi connectivity index (χ0n) is 10.3. The molecule has 0 spiro atoms. The number of hydrogen-bond acceptors (Lipinski definition) is 3. The molecule has 0 bridgehead atoms. The molecule has 2 saturated heterocycles. The average Bonchev–Trinajstić information content (AvgIpc) is 2.30. The maximum atomic E-state index is 11.4. The van der Waals surface area contributed by atoms with Crippen molar-refractivity contribution in [1.82, 2.24) is 4.90 Å². The molecular weight excluding hydrogens is 202 g/mol. The molecule has 0 radical (unpaired) electrons. The maximum absolute atomic E-state index is 11.4. The third-order valence-electron chi connectivity index (χ3n) is 3.82. The highest BCUT2D eigenvalue weighted by molar-refractivity contribution is 5.78. The molecule has 2 aliphatic heterocycles. The van der Waals surface area contributed by atoms with Gasteiger partial charge >= 0.3 is 0 Å². The largest absolute Gasteiger partial charge is 0.377 e. The highest BCUT2D eigenvalue weighted by atomic mass is 16.5. The van der Waals surface area contributed by atoms with E-state index in [-0.39, 0.29) is 5.92 Å². The van der Waals surface area contributed by atoms with Crippen LogP contribution in [0.25, 0.3) is 0 Å². The molecule has 2 heterocycles. The van der Waals surface area contributed by atoms with Gasteiger partial charge in [-0.3, -0.25) is 4.79 Å². The maximum Gasteiger partial charge on any atom is 0.134 e. The Labute approximate surface area is 98.1 Å². The summed E-state index contributed by atoms with van der Waals surface area (Å²) in [7, 11) is 0. The standard InChI is InChI=1S/C13H23NO2/c1-11(15)12-5-4-7-14(9-12)10-13-6-2-3-8-16-13/h12-13H,2-10H2,1H3. The number of piperidine rings is 1. The van der Waals surface area contributed by atoms with Crippen LogP contribution in [0.15, 0.2) is 0 Å².